The number of rotatable bonds is 4. The third-order valence-electron chi connectivity index (χ3n) is 5.14. The summed E-state index contributed by atoms with van der Waals surface area (Å²) in [7, 11) is 0. The van der Waals surface area contributed by atoms with Crippen LogP contribution in [0.25, 0.3) is 22.6 Å². The summed E-state index contributed by atoms with van der Waals surface area (Å²) < 4.78 is 16.1. The number of pyridine rings is 1. The minimum atomic E-state index is -0.263. The van der Waals surface area contributed by atoms with Crippen molar-refractivity contribution in [3.05, 3.63) is 60.0 Å². The Balaban J connectivity index is 1.43. The summed E-state index contributed by atoms with van der Waals surface area (Å²) in [5, 5.41) is 7.52. The SMILES string of the molecule is Cc1noc2nc(-c3ccco3)cc(C(=O)Nc3ccc(N4CCOCC4)cc3)c12. The lowest BCUT2D eigenvalue weighted by Crippen LogP contribution is -2.36. The third-order valence-corrected chi connectivity index (χ3v) is 5.14. The van der Waals surface area contributed by atoms with Crippen molar-refractivity contribution in [1.29, 1.82) is 0 Å². The smallest absolute Gasteiger partial charge is 0.259 e. The molecule has 0 saturated carbocycles. The fourth-order valence-corrected chi connectivity index (χ4v) is 3.60. The molecule has 5 rings (SSSR count). The molecule has 4 aromatic rings. The molecular formula is C22H20N4O4. The molecule has 30 heavy (non-hydrogen) atoms. The fourth-order valence-electron chi connectivity index (χ4n) is 3.60. The monoisotopic (exact) mass is 404 g/mol. The lowest BCUT2D eigenvalue weighted by atomic mass is 10.1. The van der Waals surface area contributed by atoms with Gasteiger partial charge in [-0.05, 0) is 49.4 Å². The van der Waals surface area contributed by atoms with Crippen molar-refractivity contribution in [3.63, 3.8) is 0 Å². The highest BCUT2D eigenvalue weighted by Gasteiger charge is 2.20. The van der Waals surface area contributed by atoms with E-state index in [1.807, 2.05) is 24.3 Å². The number of hydrogen-bond acceptors (Lipinski definition) is 7. The van der Waals surface area contributed by atoms with Gasteiger partial charge in [0.25, 0.3) is 11.6 Å². The van der Waals surface area contributed by atoms with E-state index < -0.39 is 0 Å². The normalized spacial score (nSPS) is 14.2. The van der Waals surface area contributed by atoms with Gasteiger partial charge in [-0.3, -0.25) is 4.79 Å². The van der Waals surface area contributed by atoms with Gasteiger partial charge in [-0.15, -0.1) is 0 Å². The molecule has 152 valence electrons. The van der Waals surface area contributed by atoms with Crippen LogP contribution in [0.2, 0.25) is 0 Å². The number of benzene rings is 1. The summed E-state index contributed by atoms with van der Waals surface area (Å²) in [6.07, 6.45) is 1.56. The van der Waals surface area contributed by atoms with Crippen LogP contribution in [0.4, 0.5) is 11.4 Å². The zero-order valence-corrected chi connectivity index (χ0v) is 16.4. The Morgan fingerprint density at radius 2 is 1.93 bits per heavy atom. The molecule has 4 heterocycles. The first-order valence-electron chi connectivity index (χ1n) is 9.74. The molecule has 0 atom stereocenters. The number of aromatic nitrogens is 2. The molecule has 0 bridgehead atoms. The number of morpholine rings is 1. The van der Waals surface area contributed by atoms with Gasteiger partial charge in [0.2, 0.25) is 0 Å². The van der Waals surface area contributed by atoms with Crippen molar-refractivity contribution < 1.29 is 18.5 Å². The molecule has 0 spiro atoms. The number of carbonyl (C=O) groups excluding carboxylic acids is 1. The molecule has 3 aromatic heterocycles. The van der Waals surface area contributed by atoms with E-state index in [1.54, 1.807) is 31.4 Å². The maximum atomic E-state index is 13.1. The number of amides is 1. The van der Waals surface area contributed by atoms with Gasteiger partial charge < -0.3 is 23.9 Å². The molecule has 0 aliphatic carbocycles. The molecule has 1 amide bonds. The molecule has 8 nitrogen and oxygen atoms in total. The van der Waals surface area contributed by atoms with E-state index in [2.05, 4.69) is 20.4 Å². The highest BCUT2D eigenvalue weighted by molar-refractivity contribution is 6.13. The lowest BCUT2D eigenvalue weighted by Gasteiger charge is -2.28. The fraction of sp³-hybridized carbons (Fsp3) is 0.227. The first-order valence-corrected chi connectivity index (χ1v) is 9.74. The summed E-state index contributed by atoms with van der Waals surface area (Å²) in [6.45, 7) is 4.97. The van der Waals surface area contributed by atoms with Gasteiger partial charge in [0, 0.05) is 24.5 Å². The zero-order chi connectivity index (χ0) is 20.5. The van der Waals surface area contributed by atoms with Crippen LogP contribution in [0, 0.1) is 6.92 Å². The molecule has 0 radical (unpaired) electrons. The summed E-state index contributed by atoms with van der Waals surface area (Å²) >= 11 is 0. The second-order valence-corrected chi connectivity index (χ2v) is 7.08. The molecule has 1 N–H and O–H groups in total. The Morgan fingerprint density at radius 1 is 1.13 bits per heavy atom. The number of anilines is 2. The molecule has 1 aliphatic rings. The van der Waals surface area contributed by atoms with Crippen LogP contribution >= 0.6 is 0 Å². The van der Waals surface area contributed by atoms with Gasteiger partial charge in [0.05, 0.1) is 36.1 Å². The Labute approximate surface area is 172 Å². The van der Waals surface area contributed by atoms with Crippen molar-refractivity contribution in [1.82, 2.24) is 10.1 Å². The van der Waals surface area contributed by atoms with E-state index in [0.717, 1.165) is 32.0 Å². The lowest BCUT2D eigenvalue weighted by molar-refractivity contribution is 0.102. The van der Waals surface area contributed by atoms with E-state index in [-0.39, 0.29) is 5.91 Å². The number of ether oxygens (including phenoxy) is 1. The van der Waals surface area contributed by atoms with Gasteiger partial charge in [-0.2, -0.15) is 0 Å². The number of furan rings is 1. The van der Waals surface area contributed by atoms with Gasteiger partial charge in [-0.1, -0.05) is 5.16 Å². The largest absolute Gasteiger partial charge is 0.463 e. The van der Waals surface area contributed by atoms with Crippen LogP contribution in [0.15, 0.2) is 57.7 Å². The average molecular weight is 404 g/mol. The third kappa shape index (κ3) is 3.42. The van der Waals surface area contributed by atoms with Crippen molar-refractivity contribution in [2.24, 2.45) is 0 Å². The quantitative estimate of drug-likeness (QED) is 0.552. The number of carbonyl (C=O) groups is 1. The van der Waals surface area contributed by atoms with E-state index in [0.29, 0.717) is 39.5 Å². The summed E-state index contributed by atoms with van der Waals surface area (Å²) in [4.78, 5) is 19.8. The second-order valence-electron chi connectivity index (χ2n) is 7.08. The summed E-state index contributed by atoms with van der Waals surface area (Å²) in [5.74, 6) is 0.287. The van der Waals surface area contributed by atoms with Crippen LogP contribution in [0.5, 0.6) is 0 Å². The highest BCUT2D eigenvalue weighted by Crippen LogP contribution is 2.28. The first-order chi connectivity index (χ1) is 14.7. The number of nitrogens with zero attached hydrogens (tertiary/aromatic N) is 3. The van der Waals surface area contributed by atoms with Gasteiger partial charge in [0.15, 0.2) is 5.76 Å². The molecular weight excluding hydrogens is 384 g/mol. The second kappa shape index (κ2) is 7.64. The van der Waals surface area contributed by atoms with Gasteiger partial charge in [-0.25, -0.2) is 4.98 Å². The molecule has 0 unspecified atom stereocenters. The standard InChI is InChI=1S/C22H20N4O4/c1-14-20-17(13-18(19-3-2-10-29-19)24-22(20)30-25-14)21(27)23-15-4-6-16(7-5-15)26-8-11-28-12-9-26/h2-7,10,13H,8-9,11-12H2,1H3,(H,23,27). The van der Waals surface area contributed by atoms with Crippen molar-refractivity contribution >= 4 is 28.4 Å². The van der Waals surface area contributed by atoms with Crippen LogP contribution in [-0.4, -0.2) is 42.4 Å². The predicted octanol–water partition coefficient (Wildman–Crippen LogP) is 3.88. The van der Waals surface area contributed by atoms with Crippen molar-refractivity contribution in [3.8, 4) is 11.5 Å². The van der Waals surface area contributed by atoms with Gasteiger partial charge in [0.1, 0.15) is 5.69 Å². The topological polar surface area (TPSA) is 93.6 Å². The van der Waals surface area contributed by atoms with Crippen molar-refractivity contribution in [2.75, 3.05) is 36.5 Å². The number of aryl methyl sites for hydroxylation is 1. The Kier molecular flexibility index (Phi) is 4.68. The van der Waals surface area contributed by atoms with E-state index >= 15 is 0 Å². The molecule has 1 fully saturated rings. The van der Waals surface area contributed by atoms with E-state index in [1.165, 1.54) is 0 Å². The number of nitrogens with one attached hydrogen (secondary N) is 1. The van der Waals surface area contributed by atoms with E-state index in [9.17, 15) is 4.79 Å². The van der Waals surface area contributed by atoms with Crippen molar-refractivity contribution in [2.45, 2.75) is 6.92 Å². The Bertz CT molecular complexity index is 1180. The van der Waals surface area contributed by atoms with Crippen LogP contribution in [0.3, 0.4) is 0 Å². The minimum absolute atomic E-state index is 0.263. The molecule has 1 aliphatic heterocycles. The Hall–Kier alpha value is -3.65. The minimum Gasteiger partial charge on any atom is -0.463 e. The maximum absolute atomic E-state index is 13.1. The van der Waals surface area contributed by atoms with Crippen LogP contribution in [0.1, 0.15) is 16.1 Å². The zero-order valence-electron chi connectivity index (χ0n) is 16.4. The molecule has 1 aromatic carbocycles. The van der Waals surface area contributed by atoms with Crippen LogP contribution < -0.4 is 10.2 Å². The molecule has 8 heteroatoms. The predicted molar refractivity (Wildman–Crippen MR) is 112 cm³/mol. The molecule has 1 saturated heterocycles. The summed E-state index contributed by atoms with van der Waals surface area (Å²) in [5.41, 5.74) is 3.66. The van der Waals surface area contributed by atoms with Gasteiger partial charge >= 0.3 is 0 Å². The van der Waals surface area contributed by atoms with Crippen LogP contribution in [-0.2, 0) is 4.74 Å². The Morgan fingerprint density at radius 3 is 2.67 bits per heavy atom. The summed E-state index contributed by atoms with van der Waals surface area (Å²) in [6, 6.07) is 13.0. The first kappa shape index (κ1) is 18.4. The maximum Gasteiger partial charge on any atom is 0.259 e. The number of hydrogen-bond donors (Lipinski definition) is 1. The highest BCUT2D eigenvalue weighted by atomic mass is 16.5. The average Bonchev–Trinajstić information content (AvgIpc) is 3.45. The number of fused-ring (bicyclic) bond motifs is 1. The van der Waals surface area contributed by atoms with E-state index in [4.69, 9.17) is 13.7 Å².